The van der Waals surface area contributed by atoms with Crippen LogP contribution in [0.15, 0.2) is 30.2 Å². The van der Waals surface area contributed by atoms with Gasteiger partial charge in [0, 0.05) is 25.0 Å². The number of hydrazone groups is 1. The van der Waals surface area contributed by atoms with Crippen molar-refractivity contribution in [2.24, 2.45) is 5.10 Å². The fourth-order valence-corrected chi connectivity index (χ4v) is 0.518. The van der Waals surface area contributed by atoms with Crippen molar-refractivity contribution in [2.75, 3.05) is 0 Å². The molecule has 2 nitrogen and oxygen atoms in total. The molecule has 0 atom stereocenters. The Kier molecular flexibility index (Phi) is 1.47. The Labute approximate surface area is 48.8 Å². The molecule has 0 bridgehead atoms. The number of nitrogens with zero attached hydrogens (tertiary/aromatic N) is 2. The maximum Gasteiger partial charge on any atom is 0.0291 e. The van der Waals surface area contributed by atoms with E-state index in [4.69, 9.17) is 0 Å². The normalized spacial score (nSPS) is 16.8. The van der Waals surface area contributed by atoms with Gasteiger partial charge < -0.3 is 0 Å². The molecule has 0 aromatic rings. The highest BCUT2D eigenvalue weighted by molar-refractivity contribution is 5.60. The predicted molar refractivity (Wildman–Crippen MR) is 34.3 cm³/mol. The zero-order valence-electron chi connectivity index (χ0n) is 4.62. The van der Waals surface area contributed by atoms with Crippen LogP contribution in [-0.4, -0.2) is 11.2 Å². The van der Waals surface area contributed by atoms with E-state index in [-0.39, 0.29) is 0 Å². The maximum absolute atomic E-state index is 3.95. The van der Waals surface area contributed by atoms with Gasteiger partial charge >= 0.3 is 0 Å². The van der Waals surface area contributed by atoms with Gasteiger partial charge in [0.05, 0.1) is 0 Å². The molecule has 0 aromatic carbocycles. The molecule has 0 fully saturated rings. The second-order valence-electron chi connectivity index (χ2n) is 1.48. The summed E-state index contributed by atoms with van der Waals surface area (Å²) >= 11 is 0. The topological polar surface area (TPSA) is 15.6 Å². The molecule has 0 saturated carbocycles. The quantitative estimate of drug-likeness (QED) is 0.495. The molecule has 8 heavy (non-hydrogen) atoms. The molecule has 1 heterocycles. The Bertz CT molecular complexity index is 123. The molecule has 1 aliphatic rings. The fourth-order valence-electron chi connectivity index (χ4n) is 0.518. The molecule has 2 heteroatoms. The SMILES string of the molecule is C=CN1C=CCC=N1. The highest BCUT2D eigenvalue weighted by Crippen LogP contribution is 1.96. The summed E-state index contributed by atoms with van der Waals surface area (Å²) in [6, 6.07) is 0. The lowest BCUT2D eigenvalue weighted by Crippen LogP contribution is -2.02. The maximum atomic E-state index is 3.95. The second-order valence-corrected chi connectivity index (χ2v) is 1.48. The molecule has 0 aromatic heterocycles. The Balaban J connectivity index is 2.54. The van der Waals surface area contributed by atoms with E-state index < -0.39 is 0 Å². The minimum Gasteiger partial charge on any atom is -0.250 e. The van der Waals surface area contributed by atoms with E-state index in [0.29, 0.717) is 0 Å². The Hall–Kier alpha value is -1.05. The van der Waals surface area contributed by atoms with Crippen molar-refractivity contribution < 1.29 is 0 Å². The standard InChI is InChI=1S/C6H8N2/c1-2-8-6-4-3-5-7-8/h2,4-6H,1,3H2. The first-order chi connectivity index (χ1) is 3.93. The predicted octanol–water partition coefficient (Wildman–Crippen LogP) is 1.34. The lowest BCUT2D eigenvalue weighted by Gasteiger charge is -2.08. The average molecular weight is 108 g/mol. The zero-order chi connectivity index (χ0) is 5.82. The zero-order valence-corrected chi connectivity index (χ0v) is 4.62. The van der Waals surface area contributed by atoms with Gasteiger partial charge in [0.15, 0.2) is 0 Å². The molecule has 0 amide bonds. The van der Waals surface area contributed by atoms with Crippen LogP contribution in [0.3, 0.4) is 0 Å². The number of allylic oxidation sites excluding steroid dienone is 1. The lowest BCUT2D eigenvalue weighted by atomic mass is 10.4. The van der Waals surface area contributed by atoms with Crippen LogP contribution < -0.4 is 0 Å². The molecule has 0 spiro atoms. The van der Waals surface area contributed by atoms with Crippen LogP contribution in [0.1, 0.15) is 6.42 Å². The van der Waals surface area contributed by atoms with Gasteiger partial charge in [-0.05, 0) is 0 Å². The first kappa shape index (κ1) is 5.09. The summed E-state index contributed by atoms with van der Waals surface area (Å²) in [6.45, 7) is 3.55. The van der Waals surface area contributed by atoms with Crippen molar-refractivity contribution in [3.8, 4) is 0 Å². The van der Waals surface area contributed by atoms with Crippen LogP contribution >= 0.6 is 0 Å². The number of rotatable bonds is 1. The van der Waals surface area contributed by atoms with E-state index in [1.165, 1.54) is 0 Å². The molecule has 0 unspecified atom stereocenters. The highest BCUT2D eigenvalue weighted by Gasteiger charge is 1.88. The summed E-state index contributed by atoms with van der Waals surface area (Å²) in [4.78, 5) is 0. The van der Waals surface area contributed by atoms with Gasteiger partial charge in [-0.3, -0.25) is 0 Å². The number of hydrogen-bond donors (Lipinski definition) is 0. The molecular weight excluding hydrogens is 100 g/mol. The molecule has 1 rings (SSSR count). The molecule has 0 aliphatic carbocycles. The largest absolute Gasteiger partial charge is 0.250 e. The van der Waals surface area contributed by atoms with Crippen LogP contribution in [0.5, 0.6) is 0 Å². The van der Waals surface area contributed by atoms with Gasteiger partial charge in [-0.25, -0.2) is 5.01 Å². The fraction of sp³-hybridized carbons (Fsp3) is 0.167. The van der Waals surface area contributed by atoms with E-state index in [0.717, 1.165) is 6.42 Å². The summed E-state index contributed by atoms with van der Waals surface area (Å²) in [5.74, 6) is 0. The van der Waals surface area contributed by atoms with Crippen LogP contribution in [0.4, 0.5) is 0 Å². The van der Waals surface area contributed by atoms with Crippen molar-refractivity contribution in [1.29, 1.82) is 0 Å². The summed E-state index contributed by atoms with van der Waals surface area (Å²) in [5, 5.41) is 5.62. The second kappa shape index (κ2) is 2.31. The minimum absolute atomic E-state index is 0.935. The summed E-state index contributed by atoms with van der Waals surface area (Å²) < 4.78 is 0. The monoisotopic (exact) mass is 108 g/mol. The third kappa shape index (κ3) is 0.964. The summed E-state index contributed by atoms with van der Waals surface area (Å²) in [6.07, 6.45) is 8.33. The van der Waals surface area contributed by atoms with Crippen molar-refractivity contribution in [1.82, 2.24) is 5.01 Å². The summed E-state index contributed by atoms with van der Waals surface area (Å²) in [5.41, 5.74) is 0. The third-order valence-corrected chi connectivity index (χ3v) is 0.902. The third-order valence-electron chi connectivity index (χ3n) is 0.902. The first-order valence-corrected chi connectivity index (χ1v) is 2.53. The van der Waals surface area contributed by atoms with Crippen LogP contribution in [0.25, 0.3) is 0 Å². The molecular formula is C6H8N2. The Morgan fingerprint density at radius 3 is 3.00 bits per heavy atom. The average Bonchev–Trinajstić information content (AvgIpc) is 1.90. The smallest absolute Gasteiger partial charge is 0.0291 e. The van der Waals surface area contributed by atoms with Gasteiger partial charge in [0.2, 0.25) is 0 Å². The van der Waals surface area contributed by atoms with Crippen molar-refractivity contribution in [2.45, 2.75) is 6.42 Å². The number of hydrogen-bond acceptors (Lipinski definition) is 2. The van der Waals surface area contributed by atoms with Gasteiger partial charge in [-0.15, -0.1) is 0 Å². The summed E-state index contributed by atoms with van der Waals surface area (Å²) in [7, 11) is 0. The lowest BCUT2D eigenvalue weighted by molar-refractivity contribution is 0.541. The van der Waals surface area contributed by atoms with E-state index in [9.17, 15) is 0 Å². The molecule has 1 aliphatic heterocycles. The van der Waals surface area contributed by atoms with E-state index in [2.05, 4.69) is 11.7 Å². The van der Waals surface area contributed by atoms with Crippen molar-refractivity contribution in [3.05, 3.63) is 25.1 Å². The molecule has 0 N–H and O–H groups in total. The van der Waals surface area contributed by atoms with Gasteiger partial charge in [0.25, 0.3) is 0 Å². The minimum atomic E-state index is 0.935. The van der Waals surface area contributed by atoms with Gasteiger partial charge in [-0.2, -0.15) is 5.10 Å². The van der Waals surface area contributed by atoms with Gasteiger partial charge in [0.1, 0.15) is 0 Å². The molecule has 0 radical (unpaired) electrons. The van der Waals surface area contributed by atoms with E-state index >= 15 is 0 Å². The Morgan fingerprint density at radius 2 is 2.62 bits per heavy atom. The van der Waals surface area contributed by atoms with Crippen LogP contribution in [0.2, 0.25) is 0 Å². The van der Waals surface area contributed by atoms with Gasteiger partial charge in [-0.1, -0.05) is 12.7 Å². The highest BCUT2D eigenvalue weighted by atomic mass is 15.4. The first-order valence-electron chi connectivity index (χ1n) is 2.53. The van der Waals surface area contributed by atoms with E-state index in [1.807, 2.05) is 18.5 Å². The Morgan fingerprint density at radius 1 is 1.75 bits per heavy atom. The van der Waals surface area contributed by atoms with Crippen molar-refractivity contribution >= 4 is 6.21 Å². The van der Waals surface area contributed by atoms with Crippen molar-refractivity contribution in [3.63, 3.8) is 0 Å². The molecule has 0 saturated heterocycles. The van der Waals surface area contributed by atoms with E-state index in [1.54, 1.807) is 11.2 Å². The molecule has 42 valence electrons. The van der Waals surface area contributed by atoms with Crippen LogP contribution in [-0.2, 0) is 0 Å². The van der Waals surface area contributed by atoms with Crippen LogP contribution in [0, 0.1) is 0 Å².